The van der Waals surface area contributed by atoms with Gasteiger partial charge in [0.05, 0.1) is 11.6 Å². The molecule has 3 heteroatoms. The van der Waals surface area contributed by atoms with Gasteiger partial charge in [-0.2, -0.15) is 0 Å². The maximum atomic E-state index is 6.22. The Labute approximate surface area is 102 Å². The molecule has 0 saturated carbocycles. The van der Waals surface area contributed by atoms with Gasteiger partial charge in [0, 0.05) is 0 Å². The van der Waals surface area contributed by atoms with Crippen LogP contribution in [0.3, 0.4) is 0 Å². The lowest BCUT2D eigenvalue weighted by molar-refractivity contribution is 0.288. The first-order valence-corrected chi connectivity index (χ1v) is 6.22. The molecule has 1 aliphatic heterocycles. The van der Waals surface area contributed by atoms with Crippen LogP contribution in [-0.4, -0.2) is 13.2 Å². The van der Waals surface area contributed by atoms with Gasteiger partial charge in [0.15, 0.2) is 0 Å². The second kappa shape index (κ2) is 5.07. The van der Waals surface area contributed by atoms with Crippen LogP contribution in [0.5, 0.6) is 5.75 Å². The van der Waals surface area contributed by atoms with Crippen molar-refractivity contribution >= 4 is 11.6 Å². The van der Waals surface area contributed by atoms with Gasteiger partial charge in [-0.25, -0.2) is 0 Å². The van der Waals surface area contributed by atoms with Gasteiger partial charge in [-0.1, -0.05) is 24.6 Å². The fourth-order valence-electron chi connectivity index (χ4n) is 2.10. The van der Waals surface area contributed by atoms with E-state index in [1.807, 2.05) is 6.07 Å². The van der Waals surface area contributed by atoms with Crippen LogP contribution in [0.2, 0.25) is 5.02 Å². The van der Waals surface area contributed by atoms with Crippen molar-refractivity contribution in [2.24, 2.45) is 11.7 Å². The van der Waals surface area contributed by atoms with E-state index in [2.05, 4.69) is 13.0 Å². The molecule has 0 fully saturated rings. The van der Waals surface area contributed by atoms with Gasteiger partial charge < -0.3 is 10.5 Å². The summed E-state index contributed by atoms with van der Waals surface area (Å²) in [5.41, 5.74) is 8.16. The largest absolute Gasteiger partial charge is 0.492 e. The van der Waals surface area contributed by atoms with Gasteiger partial charge in [0.1, 0.15) is 5.75 Å². The summed E-state index contributed by atoms with van der Waals surface area (Å²) in [6, 6.07) is 4.23. The molecule has 1 aromatic carbocycles. The third kappa shape index (κ3) is 2.50. The molecule has 0 spiro atoms. The van der Waals surface area contributed by atoms with Crippen molar-refractivity contribution < 1.29 is 4.74 Å². The zero-order valence-corrected chi connectivity index (χ0v) is 10.4. The molecule has 0 radical (unpaired) electrons. The van der Waals surface area contributed by atoms with E-state index in [1.54, 1.807) is 0 Å². The smallest absolute Gasteiger partial charge is 0.141 e. The summed E-state index contributed by atoms with van der Waals surface area (Å²) in [5, 5.41) is 0.747. The third-order valence-corrected chi connectivity index (χ3v) is 3.28. The van der Waals surface area contributed by atoms with E-state index in [0.29, 0.717) is 12.5 Å². The lowest BCUT2D eigenvalue weighted by Gasteiger charge is -2.20. The summed E-state index contributed by atoms with van der Waals surface area (Å²) in [6.07, 6.45) is 3.14. The third-order valence-electron chi connectivity index (χ3n) is 3.00. The van der Waals surface area contributed by atoms with E-state index in [1.165, 1.54) is 11.1 Å². The number of fused-ring (bicyclic) bond motifs is 1. The monoisotopic (exact) mass is 239 g/mol. The maximum Gasteiger partial charge on any atom is 0.141 e. The number of hydrogen-bond donors (Lipinski definition) is 1. The normalized spacial score (nSPS) is 16.4. The average Bonchev–Trinajstić information content (AvgIpc) is 2.29. The molecule has 1 unspecified atom stereocenters. The summed E-state index contributed by atoms with van der Waals surface area (Å²) in [6.45, 7) is 3.65. The average molecular weight is 240 g/mol. The molecular weight excluding hydrogens is 222 g/mol. The second-order valence-electron chi connectivity index (χ2n) is 4.56. The minimum Gasteiger partial charge on any atom is -0.492 e. The molecule has 16 heavy (non-hydrogen) atoms. The first-order valence-electron chi connectivity index (χ1n) is 5.85. The van der Waals surface area contributed by atoms with E-state index in [9.17, 15) is 0 Å². The van der Waals surface area contributed by atoms with Crippen LogP contribution in [-0.2, 0) is 12.8 Å². The van der Waals surface area contributed by atoms with Crippen LogP contribution in [0, 0.1) is 5.92 Å². The Hall–Kier alpha value is -0.730. The summed E-state index contributed by atoms with van der Waals surface area (Å²) in [7, 11) is 0. The SMILES string of the molecule is CC(CN)Cc1cc(Cl)c2c(c1)CCCO2. The van der Waals surface area contributed by atoms with Gasteiger partial charge in [0.25, 0.3) is 0 Å². The molecule has 1 aliphatic rings. The molecule has 1 aromatic rings. The highest BCUT2D eigenvalue weighted by Gasteiger charge is 2.15. The van der Waals surface area contributed by atoms with Crippen molar-refractivity contribution in [3.8, 4) is 5.75 Å². The van der Waals surface area contributed by atoms with Crippen molar-refractivity contribution in [3.05, 3.63) is 28.3 Å². The Kier molecular flexibility index (Phi) is 3.72. The predicted molar refractivity (Wildman–Crippen MR) is 67.2 cm³/mol. The summed E-state index contributed by atoms with van der Waals surface area (Å²) in [4.78, 5) is 0. The lowest BCUT2D eigenvalue weighted by atomic mass is 9.97. The Morgan fingerprint density at radius 3 is 3.06 bits per heavy atom. The van der Waals surface area contributed by atoms with E-state index in [-0.39, 0.29) is 0 Å². The molecule has 2 nitrogen and oxygen atoms in total. The lowest BCUT2D eigenvalue weighted by Crippen LogP contribution is -2.14. The van der Waals surface area contributed by atoms with Crippen LogP contribution in [0.25, 0.3) is 0 Å². The second-order valence-corrected chi connectivity index (χ2v) is 4.97. The summed E-state index contributed by atoms with van der Waals surface area (Å²) < 4.78 is 5.58. The molecule has 88 valence electrons. The van der Waals surface area contributed by atoms with Crippen LogP contribution in [0.1, 0.15) is 24.5 Å². The molecular formula is C13H18ClNO. The standard InChI is InChI=1S/C13H18ClNO/c1-9(8-15)5-10-6-11-3-2-4-16-13(11)12(14)7-10/h6-7,9H,2-5,8,15H2,1H3. The number of rotatable bonds is 3. The van der Waals surface area contributed by atoms with Crippen molar-refractivity contribution in [1.82, 2.24) is 0 Å². The number of nitrogens with two attached hydrogens (primary N) is 1. The molecule has 0 saturated heterocycles. The molecule has 0 aliphatic carbocycles. The fourth-order valence-corrected chi connectivity index (χ4v) is 2.42. The maximum absolute atomic E-state index is 6.22. The molecule has 1 atom stereocenters. The fraction of sp³-hybridized carbons (Fsp3) is 0.538. The minimum absolute atomic E-state index is 0.499. The Balaban J connectivity index is 2.24. The highest BCUT2D eigenvalue weighted by Crippen LogP contribution is 2.34. The summed E-state index contributed by atoms with van der Waals surface area (Å²) >= 11 is 6.22. The number of ether oxygens (including phenoxy) is 1. The molecule has 1 heterocycles. The zero-order valence-electron chi connectivity index (χ0n) is 9.63. The van der Waals surface area contributed by atoms with Gasteiger partial charge in [-0.05, 0) is 48.9 Å². The Morgan fingerprint density at radius 2 is 2.31 bits per heavy atom. The number of benzene rings is 1. The summed E-state index contributed by atoms with van der Waals surface area (Å²) in [5.74, 6) is 1.38. The van der Waals surface area contributed by atoms with Crippen LogP contribution >= 0.6 is 11.6 Å². The Bertz CT molecular complexity index is 378. The van der Waals surface area contributed by atoms with Crippen molar-refractivity contribution in [2.45, 2.75) is 26.2 Å². The van der Waals surface area contributed by atoms with E-state index in [4.69, 9.17) is 22.1 Å². The number of halogens is 1. The Morgan fingerprint density at radius 1 is 1.50 bits per heavy atom. The predicted octanol–water partition coefficient (Wildman–Crippen LogP) is 2.80. The van der Waals surface area contributed by atoms with Crippen LogP contribution < -0.4 is 10.5 Å². The molecule has 0 bridgehead atoms. The topological polar surface area (TPSA) is 35.2 Å². The minimum atomic E-state index is 0.499. The van der Waals surface area contributed by atoms with E-state index in [0.717, 1.165) is 36.6 Å². The molecule has 2 N–H and O–H groups in total. The van der Waals surface area contributed by atoms with Gasteiger partial charge in [0.2, 0.25) is 0 Å². The number of aryl methyl sites for hydroxylation is 1. The van der Waals surface area contributed by atoms with E-state index < -0.39 is 0 Å². The molecule has 0 amide bonds. The molecule has 2 rings (SSSR count). The highest BCUT2D eigenvalue weighted by atomic mass is 35.5. The first kappa shape index (κ1) is 11.7. The van der Waals surface area contributed by atoms with Crippen LogP contribution in [0.4, 0.5) is 0 Å². The molecule has 0 aromatic heterocycles. The van der Waals surface area contributed by atoms with Crippen LogP contribution in [0.15, 0.2) is 12.1 Å². The van der Waals surface area contributed by atoms with Gasteiger partial charge in [-0.15, -0.1) is 0 Å². The van der Waals surface area contributed by atoms with Gasteiger partial charge in [-0.3, -0.25) is 0 Å². The van der Waals surface area contributed by atoms with E-state index >= 15 is 0 Å². The van der Waals surface area contributed by atoms with Crippen molar-refractivity contribution in [3.63, 3.8) is 0 Å². The zero-order chi connectivity index (χ0) is 11.5. The van der Waals surface area contributed by atoms with Gasteiger partial charge >= 0.3 is 0 Å². The quantitative estimate of drug-likeness (QED) is 0.881. The first-order chi connectivity index (χ1) is 7.70. The number of hydrogen-bond acceptors (Lipinski definition) is 2. The highest BCUT2D eigenvalue weighted by molar-refractivity contribution is 6.32. The van der Waals surface area contributed by atoms with Crippen molar-refractivity contribution in [2.75, 3.05) is 13.2 Å². The van der Waals surface area contributed by atoms with Crippen molar-refractivity contribution in [1.29, 1.82) is 0 Å².